The lowest BCUT2D eigenvalue weighted by atomic mass is 10.0. The van der Waals surface area contributed by atoms with Gasteiger partial charge in [0, 0.05) is 23.9 Å². The maximum Gasteiger partial charge on any atom is 0.269 e. The zero-order valence-corrected chi connectivity index (χ0v) is 12.6. The summed E-state index contributed by atoms with van der Waals surface area (Å²) < 4.78 is 5.18. The lowest BCUT2D eigenvalue weighted by Gasteiger charge is -2.06. The number of rotatable bonds is 4. The number of non-ortho nitro benzene ring substituents is 1. The number of nitrogens with one attached hydrogen (secondary N) is 1. The van der Waals surface area contributed by atoms with Gasteiger partial charge >= 0.3 is 0 Å². The summed E-state index contributed by atoms with van der Waals surface area (Å²) in [5.41, 5.74) is 0.123. The van der Waals surface area contributed by atoms with Crippen molar-refractivity contribution in [2.75, 3.05) is 7.11 Å². The van der Waals surface area contributed by atoms with Crippen molar-refractivity contribution in [1.29, 1.82) is 0 Å². The summed E-state index contributed by atoms with van der Waals surface area (Å²) in [6.45, 7) is 0. The fourth-order valence-corrected chi connectivity index (χ4v) is 2.45. The molecule has 0 bridgehead atoms. The maximum atomic E-state index is 12.6. The third-order valence-corrected chi connectivity index (χ3v) is 3.68. The minimum atomic E-state index is -0.552. The largest absolute Gasteiger partial charge is 0.495 e. The molecule has 0 unspecified atom stereocenters. The highest BCUT2D eigenvalue weighted by Gasteiger charge is 2.17. The van der Waals surface area contributed by atoms with Crippen LogP contribution in [-0.4, -0.2) is 22.8 Å². The number of carbonyl (C=O) groups is 1. The summed E-state index contributed by atoms with van der Waals surface area (Å²) in [5, 5.41) is 11.0. The second kappa shape index (κ2) is 5.96. The second-order valence-corrected chi connectivity index (χ2v) is 5.05. The van der Waals surface area contributed by atoms with Gasteiger partial charge in [0.25, 0.3) is 5.69 Å². The second-order valence-electron chi connectivity index (χ2n) is 5.05. The first-order valence-electron chi connectivity index (χ1n) is 7.00. The molecule has 0 spiro atoms. The van der Waals surface area contributed by atoms with Crippen molar-refractivity contribution < 1.29 is 14.5 Å². The van der Waals surface area contributed by atoms with E-state index >= 15 is 0 Å². The van der Waals surface area contributed by atoms with Gasteiger partial charge in [-0.1, -0.05) is 6.07 Å². The molecule has 0 atom stereocenters. The van der Waals surface area contributed by atoms with E-state index in [2.05, 4.69) is 4.98 Å². The fraction of sp³-hybridized carbons (Fsp3) is 0.0588. The summed E-state index contributed by atoms with van der Waals surface area (Å²) in [4.78, 5) is 38.1. The summed E-state index contributed by atoms with van der Waals surface area (Å²) in [6.07, 6.45) is 1.33. The Morgan fingerprint density at radius 2 is 1.88 bits per heavy atom. The molecule has 1 heterocycles. The third-order valence-electron chi connectivity index (χ3n) is 3.68. The van der Waals surface area contributed by atoms with Crippen molar-refractivity contribution in [3.8, 4) is 5.75 Å². The minimum Gasteiger partial charge on any atom is -0.495 e. The summed E-state index contributed by atoms with van der Waals surface area (Å²) in [5.74, 6) is -0.00481. The molecule has 3 aromatic rings. The van der Waals surface area contributed by atoms with Crippen LogP contribution in [0.4, 0.5) is 5.69 Å². The number of H-pyrrole nitrogens is 1. The molecule has 3 rings (SSSR count). The van der Waals surface area contributed by atoms with E-state index in [0.29, 0.717) is 16.7 Å². The minimum absolute atomic E-state index is 0.0374. The normalized spacial score (nSPS) is 10.5. The molecule has 1 aromatic heterocycles. The van der Waals surface area contributed by atoms with Gasteiger partial charge in [-0.15, -0.1) is 0 Å². The van der Waals surface area contributed by atoms with Crippen LogP contribution in [0.5, 0.6) is 5.75 Å². The van der Waals surface area contributed by atoms with Crippen LogP contribution < -0.4 is 10.2 Å². The zero-order valence-electron chi connectivity index (χ0n) is 12.6. The van der Waals surface area contributed by atoms with Crippen LogP contribution in [0, 0.1) is 10.1 Å². The molecule has 1 N–H and O–H groups in total. The Kier molecular flexibility index (Phi) is 3.83. The van der Waals surface area contributed by atoms with Gasteiger partial charge in [0.15, 0.2) is 5.78 Å². The Balaban J connectivity index is 2.09. The number of ether oxygens (including phenoxy) is 1. The van der Waals surface area contributed by atoms with Gasteiger partial charge in [-0.3, -0.25) is 19.7 Å². The van der Waals surface area contributed by atoms with Crippen molar-refractivity contribution >= 4 is 22.4 Å². The number of fused-ring (bicyclic) bond motifs is 1. The molecule has 0 saturated heterocycles. The van der Waals surface area contributed by atoms with Crippen molar-refractivity contribution in [3.05, 3.63) is 80.1 Å². The van der Waals surface area contributed by atoms with Crippen LogP contribution in [0.3, 0.4) is 0 Å². The number of methoxy groups -OCH3 is 1. The van der Waals surface area contributed by atoms with Crippen LogP contribution in [0.1, 0.15) is 15.9 Å². The molecule has 0 saturated carbocycles. The average molecular weight is 324 g/mol. The molecule has 0 amide bonds. The summed E-state index contributed by atoms with van der Waals surface area (Å²) >= 11 is 0. The molecular formula is C17H12N2O5. The van der Waals surface area contributed by atoms with E-state index in [-0.39, 0.29) is 16.8 Å². The van der Waals surface area contributed by atoms with E-state index in [4.69, 9.17) is 4.74 Å². The van der Waals surface area contributed by atoms with Crippen molar-refractivity contribution in [1.82, 2.24) is 4.98 Å². The topological polar surface area (TPSA) is 102 Å². The van der Waals surface area contributed by atoms with E-state index in [1.165, 1.54) is 37.6 Å². The first-order valence-corrected chi connectivity index (χ1v) is 7.00. The van der Waals surface area contributed by atoms with E-state index in [0.717, 1.165) is 0 Å². The van der Waals surface area contributed by atoms with Gasteiger partial charge in [0.1, 0.15) is 5.75 Å². The molecular weight excluding hydrogens is 312 g/mol. The predicted octanol–water partition coefficient (Wildman–Crippen LogP) is 2.68. The van der Waals surface area contributed by atoms with E-state index in [1.54, 1.807) is 18.2 Å². The monoisotopic (exact) mass is 324 g/mol. The number of benzene rings is 2. The quantitative estimate of drug-likeness (QED) is 0.451. The SMILES string of the molecule is COc1cccc2c(=O)c(C(=O)c3ccc([N+](=O)[O-])cc3)c[nH]c12. The molecule has 24 heavy (non-hydrogen) atoms. The Morgan fingerprint density at radius 3 is 2.50 bits per heavy atom. The number of nitro benzene ring substituents is 1. The summed E-state index contributed by atoms with van der Waals surface area (Å²) in [6, 6.07) is 10.1. The number of para-hydroxylation sites is 1. The molecule has 7 nitrogen and oxygen atoms in total. The highest BCUT2D eigenvalue weighted by molar-refractivity contribution is 6.10. The Labute approximate surface area is 135 Å². The highest BCUT2D eigenvalue weighted by Crippen LogP contribution is 2.21. The van der Waals surface area contributed by atoms with Crippen LogP contribution in [-0.2, 0) is 0 Å². The fourth-order valence-electron chi connectivity index (χ4n) is 2.45. The van der Waals surface area contributed by atoms with Crippen molar-refractivity contribution in [2.45, 2.75) is 0 Å². The molecule has 120 valence electrons. The molecule has 2 aromatic carbocycles. The van der Waals surface area contributed by atoms with E-state index in [9.17, 15) is 19.7 Å². The lowest BCUT2D eigenvalue weighted by molar-refractivity contribution is -0.384. The van der Waals surface area contributed by atoms with Gasteiger partial charge in [-0.05, 0) is 24.3 Å². The lowest BCUT2D eigenvalue weighted by Crippen LogP contribution is -2.17. The van der Waals surface area contributed by atoms with E-state index < -0.39 is 16.1 Å². The number of nitrogens with zero attached hydrogens (tertiary/aromatic N) is 1. The summed E-state index contributed by atoms with van der Waals surface area (Å²) in [7, 11) is 1.49. The molecule has 0 aliphatic rings. The number of carbonyl (C=O) groups excluding carboxylic acids is 1. The first-order chi connectivity index (χ1) is 11.5. The number of aromatic nitrogens is 1. The Morgan fingerprint density at radius 1 is 1.17 bits per heavy atom. The predicted molar refractivity (Wildman–Crippen MR) is 87.6 cm³/mol. The first kappa shape index (κ1) is 15.4. The highest BCUT2D eigenvalue weighted by atomic mass is 16.6. The van der Waals surface area contributed by atoms with Crippen LogP contribution >= 0.6 is 0 Å². The molecule has 0 radical (unpaired) electrons. The standard InChI is InChI=1S/C17H12N2O5/c1-24-14-4-2-3-12-15(14)18-9-13(17(12)21)16(20)10-5-7-11(8-6-10)19(22)23/h2-9H,1H3,(H,18,21). The Bertz CT molecular complexity index is 1010. The van der Waals surface area contributed by atoms with Crippen LogP contribution in [0.15, 0.2) is 53.5 Å². The van der Waals surface area contributed by atoms with Gasteiger partial charge in [0.2, 0.25) is 5.43 Å². The molecule has 7 heteroatoms. The van der Waals surface area contributed by atoms with Crippen LogP contribution in [0.2, 0.25) is 0 Å². The smallest absolute Gasteiger partial charge is 0.269 e. The van der Waals surface area contributed by atoms with Crippen molar-refractivity contribution in [2.24, 2.45) is 0 Å². The number of nitro groups is 1. The van der Waals surface area contributed by atoms with Crippen molar-refractivity contribution in [3.63, 3.8) is 0 Å². The number of hydrogen-bond acceptors (Lipinski definition) is 5. The number of pyridine rings is 1. The van der Waals surface area contributed by atoms with Crippen LogP contribution in [0.25, 0.3) is 10.9 Å². The molecule has 0 aliphatic heterocycles. The molecule has 0 aliphatic carbocycles. The third kappa shape index (κ3) is 2.52. The van der Waals surface area contributed by atoms with Gasteiger partial charge < -0.3 is 9.72 Å². The number of aromatic amines is 1. The van der Waals surface area contributed by atoms with Gasteiger partial charge in [-0.2, -0.15) is 0 Å². The zero-order chi connectivity index (χ0) is 17.3. The number of ketones is 1. The number of hydrogen-bond donors (Lipinski definition) is 1. The van der Waals surface area contributed by atoms with Gasteiger partial charge in [-0.25, -0.2) is 0 Å². The molecule has 0 fully saturated rings. The average Bonchev–Trinajstić information content (AvgIpc) is 2.61. The van der Waals surface area contributed by atoms with E-state index in [1.807, 2.05) is 0 Å². The van der Waals surface area contributed by atoms with Gasteiger partial charge in [0.05, 0.1) is 28.5 Å². The maximum absolute atomic E-state index is 12.6. The Hall–Kier alpha value is -3.48.